The predicted molar refractivity (Wildman–Crippen MR) is 64.7 cm³/mol. The molecule has 0 bridgehead atoms. The molecule has 2 N–H and O–H groups in total. The van der Waals surface area contributed by atoms with Gasteiger partial charge in [0.25, 0.3) is 0 Å². The van der Waals surface area contributed by atoms with Crippen LogP contribution in [0.2, 0.25) is 0 Å². The first kappa shape index (κ1) is 11.2. The monoisotopic (exact) mass is 217 g/mol. The highest BCUT2D eigenvalue weighted by molar-refractivity contribution is 5.29. The first-order chi connectivity index (χ1) is 7.88. The van der Waals surface area contributed by atoms with Crippen LogP contribution in [0, 0.1) is 17.8 Å². The van der Waals surface area contributed by atoms with Crippen molar-refractivity contribution in [2.45, 2.75) is 38.6 Å². The summed E-state index contributed by atoms with van der Waals surface area (Å²) in [6, 6.07) is 0. The third-order valence-electron chi connectivity index (χ3n) is 3.14. The molecular weight excluding hydrogens is 198 g/mol. The van der Waals surface area contributed by atoms with Crippen molar-refractivity contribution in [3.05, 3.63) is 18.0 Å². The molecule has 1 fully saturated rings. The fourth-order valence-electron chi connectivity index (χ4n) is 2.32. The molecule has 1 aromatic rings. The smallest absolute Gasteiger partial charge is 0.0646 e. The van der Waals surface area contributed by atoms with E-state index in [0.29, 0.717) is 6.54 Å². The number of aromatic nitrogens is 2. The van der Waals surface area contributed by atoms with E-state index in [2.05, 4.69) is 16.9 Å². The molecule has 0 spiro atoms. The van der Waals surface area contributed by atoms with Crippen LogP contribution in [0.5, 0.6) is 0 Å². The van der Waals surface area contributed by atoms with Crippen molar-refractivity contribution < 1.29 is 0 Å². The van der Waals surface area contributed by atoms with Crippen molar-refractivity contribution in [3.63, 3.8) is 0 Å². The molecular formula is C13H19N3. The van der Waals surface area contributed by atoms with Gasteiger partial charge in [-0.25, -0.2) is 0 Å². The summed E-state index contributed by atoms with van der Waals surface area (Å²) in [6.07, 6.45) is 10.7. The van der Waals surface area contributed by atoms with Gasteiger partial charge in [0.05, 0.1) is 18.3 Å². The van der Waals surface area contributed by atoms with E-state index in [1.54, 1.807) is 0 Å². The van der Waals surface area contributed by atoms with Gasteiger partial charge in [-0.3, -0.25) is 4.68 Å². The van der Waals surface area contributed by atoms with E-state index in [1.165, 1.54) is 32.1 Å². The number of hydrogen-bond donors (Lipinski definition) is 1. The lowest BCUT2D eigenvalue weighted by molar-refractivity contribution is 0.308. The molecule has 3 nitrogen and oxygen atoms in total. The summed E-state index contributed by atoms with van der Waals surface area (Å²) in [5.41, 5.74) is 6.31. The fraction of sp³-hybridized carbons (Fsp3) is 0.615. The molecule has 1 heterocycles. The molecule has 86 valence electrons. The van der Waals surface area contributed by atoms with Crippen LogP contribution in [-0.2, 0) is 6.54 Å². The first-order valence-corrected chi connectivity index (χ1v) is 6.10. The second-order valence-corrected chi connectivity index (χ2v) is 4.46. The van der Waals surface area contributed by atoms with E-state index in [0.717, 1.165) is 18.0 Å². The summed E-state index contributed by atoms with van der Waals surface area (Å²) in [6.45, 7) is 1.46. The summed E-state index contributed by atoms with van der Waals surface area (Å²) >= 11 is 0. The standard InChI is InChI=1S/C13H19N3/c14-8-4-7-13-9-15-16(11-13)10-12-5-2-1-3-6-12/h9,11-12H,1-3,5-6,8,10,14H2. The summed E-state index contributed by atoms with van der Waals surface area (Å²) in [7, 11) is 0. The number of hydrogen-bond acceptors (Lipinski definition) is 2. The molecule has 0 unspecified atom stereocenters. The van der Waals surface area contributed by atoms with Crippen LogP contribution in [0.15, 0.2) is 12.4 Å². The van der Waals surface area contributed by atoms with Gasteiger partial charge in [0, 0.05) is 12.7 Å². The molecule has 1 aliphatic rings. The lowest BCUT2D eigenvalue weighted by Gasteiger charge is -2.21. The van der Waals surface area contributed by atoms with E-state index in [1.807, 2.05) is 17.1 Å². The van der Waals surface area contributed by atoms with Gasteiger partial charge < -0.3 is 5.73 Å². The van der Waals surface area contributed by atoms with E-state index < -0.39 is 0 Å². The van der Waals surface area contributed by atoms with E-state index in [9.17, 15) is 0 Å². The van der Waals surface area contributed by atoms with E-state index >= 15 is 0 Å². The van der Waals surface area contributed by atoms with Gasteiger partial charge in [0.15, 0.2) is 0 Å². The fourth-order valence-corrected chi connectivity index (χ4v) is 2.32. The van der Waals surface area contributed by atoms with Crippen LogP contribution in [0.4, 0.5) is 0 Å². The average molecular weight is 217 g/mol. The third kappa shape index (κ3) is 3.11. The van der Waals surface area contributed by atoms with Crippen molar-refractivity contribution in [2.24, 2.45) is 11.7 Å². The van der Waals surface area contributed by atoms with Crippen molar-refractivity contribution in [3.8, 4) is 11.8 Å². The van der Waals surface area contributed by atoms with E-state index in [4.69, 9.17) is 5.73 Å². The number of nitrogens with zero attached hydrogens (tertiary/aromatic N) is 2. The minimum absolute atomic E-state index is 0.411. The Bertz CT molecular complexity index is 377. The van der Waals surface area contributed by atoms with Gasteiger partial charge >= 0.3 is 0 Å². The van der Waals surface area contributed by atoms with Gasteiger partial charge in [-0.1, -0.05) is 31.1 Å². The SMILES string of the molecule is NCC#Cc1cnn(CC2CCCCC2)c1. The quantitative estimate of drug-likeness (QED) is 0.767. The molecule has 1 aliphatic carbocycles. The number of nitrogens with two attached hydrogens (primary N) is 1. The van der Waals surface area contributed by atoms with Gasteiger partial charge in [-0.05, 0) is 18.8 Å². The van der Waals surface area contributed by atoms with Crippen LogP contribution < -0.4 is 5.73 Å². The summed E-state index contributed by atoms with van der Waals surface area (Å²) in [5.74, 6) is 6.66. The lowest BCUT2D eigenvalue weighted by Crippen LogP contribution is -2.14. The van der Waals surface area contributed by atoms with Crippen LogP contribution >= 0.6 is 0 Å². The highest BCUT2D eigenvalue weighted by Gasteiger charge is 2.13. The Kier molecular flexibility index (Phi) is 4.01. The van der Waals surface area contributed by atoms with Crippen molar-refractivity contribution in [2.75, 3.05) is 6.54 Å². The van der Waals surface area contributed by atoms with Crippen molar-refractivity contribution in [1.29, 1.82) is 0 Å². The summed E-state index contributed by atoms with van der Waals surface area (Å²) < 4.78 is 2.02. The predicted octanol–water partition coefficient (Wildman–Crippen LogP) is 1.77. The summed E-state index contributed by atoms with van der Waals surface area (Å²) in [5, 5.41) is 4.34. The van der Waals surface area contributed by atoms with E-state index in [-0.39, 0.29) is 0 Å². The maximum Gasteiger partial charge on any atom is 0.0646 e. The zero-order chi connectivity index (χ0) is 11.2. The Morgan fingerprint density at radius 2 is 2.19 bits per heavy atom. The second-order valence-electron chi connectivity index (χ2n) is 4.46. The van der Waals surface area contributed by atoms with Gasteiger partial charge in [0.1, 0.15) is 0 Å². The number of rotatable bonds is 2. The van der Waals surface area contributed by atoms with Crippen LogP contribution in [0.1, 0.15) is 37.7 Å². The molecule has 0 radical (unpaired) electrons. The normalized spacial score (nSPS) is 16.8. The van der Waals surface area contributed by atoms with Crippen molar-refractivity contribution >= 4 is 0 Å². The molecule has 1 saturated carbocycles. The maximum atomic E-state index is 5.33. The molecule has 0 amide bonds. The van der Waals surface area contributed by atoms with Crippen molar-refractivity contribution in [1.82, 2.24) is 9.78 Å². The third-order valence-corrected chi connectivity index (χ3v) is 3.14. The minimum Gasteiger partial charge on any atom is -0.320 e. The largest absolute Gasteiger partial charge is 0.320 e. The molecule has 0 aromatic carbocycles. The first-order valence-electron chi connectivity index (χ1n) is 6.10. The Balaban J connectivity index is 1.91. The molecule has 3 heteroatoms. The average Bonchev–Trinajstić information content (AvgIpc) is 2.75. The Hall–Kier alpha value is -1.27. The van der Waals surface area contributed by atoms with Crippen LogP contribution in [0.25, 0.3) is 0 Å². The van der Waals surface area contributed by atoms with Crippen LogP contribution in [0.3, 0.4) is 0 Å². The van der Waals surface area contributed by atoms with Crippen LogP contribution in [-0.4, -0.2) is 16.3 Å². The zero-order valence-corrected chi connectivity index (χ0v) is 9.65. The Morgan fingerprint density at radius 1 is 1.38 bits per heavy atom. The second kappa shape index (κ2) is 5.72. The summed E-state index contributed by atoms with van der Waals surface area (Å²) in [4.78, 5) is 0. The highest BCUT2D eigenvalue weighted by Crippen LogP contribution is 2.24. The molecule has 0 atom stereocenters. The lowest BCUT2D eigenvalue weighted by atomic mass is 9.89. The topological polar surface area (TPSA) is 43.8 Å². The van der Waals surface area contributed by atoms with Gasteiger partial charge in [-0.15, -0.1) is 0 Å². The highest BCUT2D eigenvalue weighted by atomic mass is 15.3. The Labute approximate surface area is 97.0 Å². The molecule has 0 saturated heterocycles. The molecule has 16 heavy (non-hydrogen) atoms. The molecule has 1 aromatic heterocycles. The molecule has 2 rings (SSSR count). The Morgan fingerprint density at radius 3 is 2.94 bits per heavy atom. The molecule has 0 aliphatic heterocycles. The maximum absolute atomic E-state index is 5.33. The zero-order valence-electron chi connectivity index (χ0n) is 9.65. The van der Waals surface area contributed by atoms with Gasteiger partial charge in [0.2, 0.25) is 0 Å². The minimum atomic E-state index is 0.411. The van der Waals surface area contributed by atoms with Gasteiger partial charge in [-0.2, -0.15) is 5.10 Å².